The van der Waals surface area contributed by atoms with Crippen LogP contribution in [0.4, 0.5) is 8.78 Å². The van der Waals surface area contributed by atoms with Crippen molar-refractivity contribution < 1.29 is 18.4 Å². The van der Waals surface area contributed by atoms with Crippen LogP contribution < -0.4 is 10.9 Å². The number of hydrogen-bond acceptors (Lipinski definition) is 4. The SMILES string of the molecule is CCn1cc(C)cc(CC(=O)N2CC(F)CC2C(=O)NC(c2ccccc2)c2ccc(C(C)C)c(F)n2)c1=O. The van der Waals surface area contributed by atoms with Crippen molar-refractivity contribution in [3.05, 3.63) is 99.0 Å². The molecule has 0 spiro atoms. The Kier molecular flexibility index (Phi) is 8.57. The van der Waals surface area contributed by atoms with Crippen molar-refractivity contribution >= 4 is 11.8 Å². The molecule has 0 saturated carbocycles. The number of pyridine rings is 2. The second kappa shape index (κ2) is 11.9. The van der Waals surface area contributed by atoms with E-state index in [1.165, 1.54) is 9.47 Å². The van der Waals surface area contributed by atoms with Gasteiger partial charge in [-0.3, -0.25) is 14.4 Å². The van der Waals surface area contributed by atoms with E-state index in [-0.39, 0.29) is 30.9 Å². The highest BCUT2D eigenvalue weighted by molar-refractivity contribution is 5.89. The Labute approximate surface area is 226 Å². The van der Waals surface area contributed by atoms with E-state index in [0.717, 1.165) is 5.56 Å². The van der Waals surface area contributed by atoms with Crippen molar-refractivity contribution in [1.82, 2.24) is 19.8 Å². The van der Waals surface area contributed by atoms with E-state index in [0.29, 0.717) is 28.9 Å². The highest BCUT2D eigenvalue weighted by Crippen LogP contribution is 2.27. The smallest absolute Gasteiger partial charge is 0.254 e. The van der Waals surface area contributed by atoms with Crippen LogP contribution in [0.5, 0.6) is 0 Å². The van der Waals surface area contributed by atoms with Crippen LogP contribution in [0, 0.1) is 12.9 Å². The van der Waals surface area contributed by atoms with Crippen LogP contribution in [0.2, 0.25) is 0 Å². The summed E-state index contributed by atoms with van der Waals surface area (Å²) in [6, 6.07) is 12.1. The zero-order valence-electron chi connectivity index (χ0n) is 22.7. The lowest BCUT2D eigenvalue weighted by Gasteiger charge is -2.27. The molecule has 1 N–H and O–H groups in total. The second-order valence-corrected chi connectivity index (χ2v) is 10.3. The minimum atomic E-state index is -1.38. The molecule has 1 fully saturated rings. The van der Waals surface area contributed by atoms with Crippen molar-refractivity contribution in [1.29, 1.82) is 0 Å². The minimum Gasteiger partial charge on any atom is -0.342 e. The van der Waals surface area contributed by atoms with Gasteiger partial charge in [-0.1, -0.05) is 50.2 Å². The lowest BCUT2D eigenvalue weighted by Crippen LogP contribution is -2.48. The number of aromatic nitrogens is 2. The minimum absolute atomic E-state index is 0.0642. The van der Waals surface area contributed by atoms with Crippen LogP contribution in [0.1, 0.15) is 67.1 Å². The first-order valence-corrected chi connectivity index (χ1v) is 13.2. The van der Waals surface area contributed by atoms with Crippen molar-refractivity contribution in [3.63, 3.8) is 0 Å². The first-order valence-electron chi connectivity index (χ1n) is 13.2. The molecule has 1 aromatic carbocycles. The third-order valence-corrected chi connectivity index (χ3v) is 7.09. The molecule has 4 rings (SSSR count). The summed E-state index contributed by atoms with van der Waals surface area (Å²) >= 11 is 0. The molecule has 1 saturated heterocycles. The number of benzene rings is 1. The van der Waals surface area contributed by atoms with Gasteiger partial charge in [-0.2, -0.15) is 4.39 Å². The van der Waals surface area contributed by atoms with Gasteiger partial charge in [0.15, 0.2) is 0 Å². The zero-order valence-corrected chi connectivity index (χ0v) is 22.7. The first kappa shape index (κ1) is 28.1. The van der Waals surface area contributed by atoms with Gasteiger partial charge >= 0.3 is 0 Å². The molecule has 1 aliphatic heterocycles. The zero-order chi connectivity index (χ0) is 28.3. The number of alkyl halides is 1. The van der Waals surface area contributed by atoms with E-state index in [1.807, 2.05) is 33.8 Å². The molecule has 3 atom stereocenters. The summed E-state index contributed by atoms with van der Waals surface area (Å²) in [5.74, 6) is -1.74. The van der Waals surface area contributed by atoms with Crippen molar-refractivity contribution in [3.8, 4) is 0 Å². The molecule has 0 bridgehead atoms. The number of carbonyl (C=O) groups is 2. The molecule has 0 radical (unpaired) electrons. The Morgan fingerprint density at radius 1 is 1.15 bits per heavy atom. The normalized spacial score (nSPS) is 17.9. The maximum atomic E-state index is 14.8. The quantitative estimate of drug-likeness (QED) is 0.437. The summed E-state index contributed by atoms with van der Waals surface area (Å²) in [7, 11) is 0. The van der Waals surface area contributed by atoms with Gasteiger partial charge in [0.2, 0.25) is 17.8 Å². The molecule has 7 nitrogen and oxygen atoms in total. The van der Waals surface area contributed by atoms with Crippen LogP contribution >= 0.6 is 0 Å². The molecule has 2 aromatic heterocycles. The summed E-state index contributed by atoms with van der Waals surface area (Å²) in [6.45, 7) is 7.61. The third-order valence-electron chi connectivity index (χ3n) is 7.09. The maximum Gasteiger partial charge on any atom is 0.254 e. The van der Waals surface area contributed by atoms with E-state index in [2.05, 4.69) is 10.3 Å². The van der Waals surface area contributed by atoms with Gasteiger partial charge < -0.3 is 14.8 Å². The molecular weight excluding hydrogens is 502 g/mol. The summed E-state index contributed by atoms with van der Waals surface area (Å²) < 4.78 is 30.9. The van der Waals surface area contributed by atoms with E-state index < -0.39 is 36.0 Å². The van der Waals surface area contributed by atoms with Crippen molar-refractivity contribution in [2.75, 3.05) is 6.54 Å². The lowest BCUT2D eigenvalue weighted by molar-refractivity contribution is -0.138. The van der Waals surface area contributed by atoms with Crippen molar-refractivity contribution in [2.45, 2.75) is 71.3 Å². The topological polar surface area (TPSA) is 84.3 Å². The second-order valence-electron chi connectivity index (χ2n) is 10.3. The van der Waals surface area contributed by atoms with Gasteiger partial charge in [-0.15, -0.1) is 0 Å². The number of halogens is 2. The molecule has 2 amide bonds. The Morgan fingerprint density at radius 3 is 2.51 bits per heavy atom. The van der Waals surface area contributed by atoms with E-state index >= 15 is 0 Å². The molecule has 3 heterocycles. The molecule has 3 aromatic rings. The molecular formula is C30H34F2N4O3. The molecule has 206 valence electrons. The molecule has 39 heavy (non-hydrogen) atoms. The number of carbonyl (C=O) groups excluding carboxylic acids is 2. The Hall–Kier alpha value is -3.88. The number of hydrogen-bond donors (Lipinski definition) is 1. The number of amides is 2. The number of nitrogens with zero attached hydrogens (tertiary/aromatic N) is 3. The van der Waals surface area contributed by atoms with Gasteiger partial charge in [0, 0.05) is 30.3 Å². The molecule has 9 heteroatoms. The van der Waals surface area contributed by atoms with Crippen molar-refractivity contribution in [2.24, 2.45) is 0 Å². The summed E-state index contributed by atoms with van der Waals surface area (Å²) in [5.41, 5.74) is 2.27. The molecule has 3 unspecified atom stereocenters. The third kappa shape index (κ3) is 6.24. The highest BCUT2D eigenvalue weighted by atomic mass is 19.1. The van der Waals surface area contributed by atoms with Crippen LogP contribution in [0.3, 0.4) is 0 Å². The Bertz CT molecular complexity index is 1410. The number of aryl methyl sites for hydroxylation is 2. The van der Waals surface area contributed by atoms with Crippen LogP contribution in [-0.2, 0) is 22.6 Å². The average molecular weight is 537 g/mol. The van der Waals surface area contributed by atoms with Crippen LogP contribution in [-0.4, -0.2) is 45.0 Å². The lowest BCUT2D eigenvalue weighted by atomic mass is 9.99. The Balaban J connectivity index is 1.60. The number of nitrogens with one attached hydrogen (secondary N) is 1. The first-order chi connectivity index (χ1) is 18.6. The summed E-state index contributed by atoms with van der Waals surface area (Å²) in [4.78, 5) is 44.9. The van der Waals surface area contributed by atoms with Gasteiger partial charge in [0.1, 0.15) is 12.2 Å². The summed E-state index contributed by atoms with van der Waals surface area (Å²) in [5, 5.41) is 2.88. The van der Waals surface area contributed by atoms with E-state index in [1.54, 1.807) is 48.7 Å². The monoisotopic (exact) mass is 536 g/mol. The predicted molar refractivity (Wildman–Crippen MR) is 145 cm³/mol. The van der Waals surface area contributed by atoms with E-state index in [9.17, 15) is 23.2 Å². The fourth-order valence-corrected chi connectivity index (χ4v) is 5.06. The number of likely N-dealkylation sites (tertiary alicyclic amines) is 1. The molecule has 1 aliphatic rings. The highest BCUT2D eigenvalue weighted by Gasteiger charge is 2.40. The number of rotatable bonds is 8. The molecule has 0 aliphatic carbocycles. The largest absolute Gasteiger partial charge is 0.342 e. The van der Waals surface area contributed by atoms with Gasteiger partial charge in [-0.25, -0.2) is 9.37 Å². The van der Waals surface area contributed by atoms with E-state index in [4.69, 9.17) is 0 Å². The maximum absolute atomic E-state index is 14.8. The van der Waals surface area contributed by atoms with Crippen LogP contribution in [0.15, 0.2) is 59.5 Å². The van der Waals surface area contributed by atoms with Gasteiger partial charge in [-0.05, 0) is 43.0 Å². The fraction of sp³-hybridized carbons (Fsp3) is 0.400. The standard InChI is InChI=1S/C30H34F2N4O3/c1-5-35-16-19(4)13-21(30(35)39)14-26(37)36-17-22(31)15-25(36)29(38)34-27(20-9-7-6-8-10-20)24-12-11-23(18(2)3)28(32)33-24/h6-13,16,18,22,25,27H,5,14-15,17H2,1-4H3,(H,34,38). The summed E-state index contributed by atoms with van der Waals surface area (Å²) in [6.07, 6.45) is -0.0672. The van der Waals surface area contributed by atoms with Gasteiger partial charge in [0.25, 0.3) is 5.56 Å². The van der Waals surface area contributed by atoms with Crippen LogP contribution in [0.25, 0.3) is 0 Å². The fourth-order valence-electron chi connectivity index (χ4n) is 5.06. The predicted octanol–water partition coefficient (Wildman–Crippen LogP) is 4.22. The average Bonchev–Trinajstić information content (AvgIpc) is 3.31. The Morgan fingerprint density at radius 2 is 1.87 bits per heavy atom. The van der Waals surface area contributed by atoms with Gasteiger partial charge in [0.05, 0.1) is 24.7 Å².